The van der Waals surface area contributed by atoms with E-state index < -0.39 is 0 Å². The third-order valence-corrected chi connectivity index (χ3v) is 2.39. The van der Waals surface area contributed by atoms with Crippen LogP contribution in [-0.2, 0) is 0 Å². The lowest BCUT2D eigenvalue weighted by molar-refractivity contribution is 0.0938. The van der Waals surface area contributed by atoms with Gasteiger partial charge in [-0.2, -0.15) is 0 Å². The number of Topliss-reactive ketones (excluding diaryl/α,β-unsaturated/α-hetero) is 1. The number of hydrogen-bond acceptors (Lipinski definition) is 1. The highest BCUT2D eigenvalue weighted by Crippen LogP contribution is 2.16. The Balaban J connectivity index is 3.15. The monoisotopic (exact) mass is 176 g/mol. The van der Waals surface area contributed by atoms with Crippen molar-refractivity contribution in [1.82, 2.24) is 0 Å². The van der Waals surface area contributed by atoms with Crippen molar-refractivity contribution in [2.24, 2.45) is 5.92 Å². The molecule has 0 aliphatic heterocycles. The number of carbonyl (C=O) groups is 1. The minimum atomic E-state index is 0.0838. The van der Waals surface area contributed by atoms with Crippen LogP contribution >= 0.6 is 0 Å². The number of ketones is 1. The van der Waals surface area contributed by atoms with Gasteiger partial charge in [0.05, 0.1) is 0 Å². The van der Waals surface area contributed by atoms with Crippen LogP contribution in [0.15, 0.2) is 18.2 Å². The molecule has 0 saturated heterocycles. The van der Waals surface area contributed by atoms with E-state index in [0.717, 1.165) is 11.1 Å². The second-order valence-corrected chi connectivity index (χ2v) is 3.77. The third-order valence-electron chi connectivity index (χ3n) is 2.39. The summed E-state index contributed by atoms with van der Waals surface area (Å²) < 4.78 is 0. The van der Waals surface area contributed by atoms with Gasteiger partial charge in [-0.05, 0) is 25.0 Å². The van der Waals surface area contributed by atoms with E-state index in [1.165, 1.54) is 5.56 Å². The number of hydrogen-bond donors (Lipinski definition) is 0. The highest BCUT2D eigenvalue weighted by Gasteiger charge is 2.12. The summed E-state index contributed by atoms with van der Waals surface area (Å²) >= 11 is 0. The first-order chi connectivity index (χ1) is 6.04. The minimum Gasteiger partial charge on any atom is -0.294 e. The lowest BCUT2D eigenvalue weighted by Crippen LogP contribution is -2.09. The molecule has 0 bridgehead atoms. The Kier molecular flexibility index (Phi) is 2.86. The van der Waals surface area contributed by atoms with E-state index in [1.807, 2.05) is 45.9 Å². The fourth-order valence-electron chi connectivity index (χ4n) is 1.33. The molecule has 0 fully saturated rings. The van der Waals surface area contributed by atoms with Crippen LogP contribution in [0.5, 0.6) is 0 Å². The Morgan fingerprint density at radius 2 is 1.85 bits per heavy atom. The van der Waals surface area contributed by atoms with Gasteiger partial charge in [0.1, 0.15) is 0 Å². The number of aryl methyl sites for hydroxylation is 1. The first kappa shape index (κ1) is 9.97. The number of carbonyl (C=O) groups excluding carboxylic acids is 1. The van der Waals surface area contributed by atoms with E-state index >= 15 is 0 Å². The fourth-order valence-corrected chi connectivity index (χ4v) is 1.33. The van der Waals surface area contributed by atoms with Gasteiger partial charge in [-0.25, -0.2) is 0 Å². The van der Waals surface area contributed by atoms with E-state index in [1.54, 1.807) is 0 Å². The van der Waals surface area contributed by atoms with Crippen molar-refractivity contribution in [2.45, 2.75) is 27.7 Å². The fraction of sp³-hybridized carbons (Fsp3) is 0.417. The van der Waals surface area contributed by atoms with Crippen LogP contribution in [-0.4, -0.2) is 5.78 Å². The molecule has 1 aromatic rings. The molecule has 1 heteroatoms. The molecule has 0 saturated carbocycles. The maximum Gasteiger partial charge on any atom is 0.165 e. The lowest BCUT2D eigenvalue weighted by atomic mass is 9.95. The van der Waals surface area contributed by atoms with E-state index in [4.69, 9.17) is 0 Å². The Bertz CT molecular complexity index is 324. The average Bonchev–Trinajstić information content (AvgIpc) is 2.08. The smallest absolute Gasteiger partial charge is 0.165 e. The van der Waals surface area contributed by atoms with Crippen LogP contribution in [0.1, 0.15) is 35.3 Å². The minimum absolute atomic E-state index is 0.0838. The zero-order valence-electron chi connectivity index (χ0n) is 8.72. The number of benzene rings is 1. The van der Waals surface area contributed by atoms with Crippen molar-refractivity contribution >= 4 is 5.78 Å². The summed E-state index contributed by atoms with van der Waals surface area (Å²) in [5, 5.41) is 0. The molecule has 0 atom stereocenters. The molecule has 0 aliphatic rings. The van der Waals surface area contributed by atoms with Crippen molar-refractivity contribution in [3.8, 4) is 0 Å². The van der Waals surface area contributed by atoms with Crippen LogP contribution in [0, 0.1) is 19.8 Å². The first-order valence-corrected chi connectivity index (χ1v) is 4.64. The summed E-state index contributed by atoms with van der Waals surface area (Å²) in [5.74, 6) is 0.321. The maximum atomic E-state index is 11.7. The van der Waals surface area contributed by atoms with Crippen molar-refractivity contribution < 1.29 is 4.79 Å². The Morgan fingerprint density at radius 3 is 2.38 bits per heavy atom. The first-order valence-electron chi connectivity index (χ1n) is 4.64. The van der Waals surface area contributed by atoms with Crippen LogP contribution in [0.2, 0.25) is 0 Å². The highest BCUT2D eigenvalue weighted by molar-refractivity contribution is 5.98. The molecule has 1 nitrogen and oxygen atoms in total. The van der Waals surface area contributed by atoms with E-state index in [9.17, 15) is 4.79 Å². The summed E-state index contributed by atoms with van der Waals surface area (Å²) in [6.07, 6.45) is 0. The molecule has 1 aromatic carbocycles. The molecular weight excluding hydrogens is 160 g/mol. The van der Waals surface area contributed by atoms with Gasteiger partial charge in [-0.15, -0.1) is 0 Å². The SMILES string of the molecule is Cc1cccc(C(=O)C(C)C)c1C. The van der Waals surface area contributed by atoms with Crippen LogP contribution in [0.3, 0.4) is 0 Å². The normalized spacial score (nSPS) is 10.5. The summed E-state index contributed by atoms with van der Waals surface area (Å²) in [7, 11) is 0. The standard InChI is InChI=1S/C12H16O/c1-8(2)12(13)11-7-5-6-9(3)10(11)4/h5-8H,1-4H3. The zero-order valence-corrected chi connectivity index (χ0v) is 8.72. The molecule has 0 radical (unpaired) electrons. The summed E-state index contributed by atoms with van der Waals surface area (Å²) in [4.78, 5) is 11.7. The van der Waals surface area contributed by atoms with Crippen molar-refractivity contribution in [1.29, 1.82) is 0 Å². The molecule has 0 aromatic heterocycles. The highest BCUT2D eigenvalue weighted by atomic mass is 16.1. The molecule has 0 amide bonds. The van der Waals surface area contributed by atoms with Crippen LogP contribution in [0.25, 0.3) is 0 Å². The Morgan fingerprint density at radius 1 is 1.23 bits per heavy atom. The topological polar surface area (TPSA) is 17.1 Å². The van der Waals surface area contributed by atoms with Crippen molar-refractivity contribution in [3.05, 3.63) is 34.9 Å². The van der Waals surface area contributed by atoms with Gasteiger partial charge in [0.2, 0.25) is 0 Å². The predicted octanol–water partition coefficient (Wildman–Crippen LogP) is 3.14. The second kappa shape index (κ2) is 3.73. The molecular formula is C12H16O. The van der Waals surface area contributed by atoms with Crippen LogP contribution in [0.4, 0.5) is 0 Å². The maximum absolute atomic E-state index is 11.7. The Labute approximate surface area is 79.8 Å². The molecule has 13 heavy (non-hydrogen) atoms. The zero-order chi connectivity index (χ0) is 10.0. The van der Waals surface area contributed by atoms with Gasteiger partial charge < -0.3 is 0 Å². The van der Waals surface area contributed by atoms with Gasteiger partial charge in [0.15, 0.2) is 5.78 Å². The molecule has 0 heterocycles. The average molecular weight is 176 g/mol. The molecule has 1 rings (SSSR count). The lowest BCUT2D eigenvalue weighted by Gasteiger charge is -2.09. The van der Waals surface area contributed by atoms with Gasteiger partial charge >= 0.3 is 0 Å². The summed E-state index contributed by atoms with van der Waals surface area (Å²) in [6.45, 7) is 7.91. The second-order valence-electron chi connectivity index (χ2n) is 3.77. The molecule has 0 N–H and O–H groups in total. The van der Waals surface area contributed by atoms with E-state index in [2.05, 4.69) is 0 Å². The van der Waals surface area contributed by atoms with Crippen molar-refractivity contribution in [2.75, 3.05) is 0 Å². The van der Waals surface area contributed by atoms with Crippen molar-refractivity contribution in [3.63, 3.8) is 0 Å². The summed E-state index contributed by atoms with van der Waals surface area (Å²) in [5.41, 5.74) is 3.17. The van der Waals surface area contributed by atoms with Gasteiger partial charge in [-0.3, -0.25) is 4.79 Å². The largest absolute Gasteiger partial charge is 0.294 e. The Hall–Kier alpha value is -1.11. The predicted molar refractivity (Wildman–Crippen MR) is 55.1 cm³/mol. The van der Waals surface area contributed by atoms with E-state index in [0.29, 0.717) is 0 Å². The van der Waals surface area contributed by atoms with E-state index in [-0.39, 0.29) is 11.7 Å². The molecule has 0 aliphatic carbocycles. The quantitative estimate of drug-likeness (QED) is 0.633. The molecule has 0 spiro atoms. The molecule has 70 valence electrons. The van der Waals surface area contributed by atoms with Gasteiger partial charge in [0, 0.05) is 11.5 Å². The van der Waals surface area contributed by atoms with Crippen LogP contribution < -0.4 is 0 Å². The van der Waals surface area contributed by atoms with Gasteiger partial charge in [0.25, 0.3) is 0 Å². The van der Waals surface area contributed by atoms with Gasteiger partial charge in [-0.1, -0.05) is 32.0 Å². The third kappa shape index (κ3) is 1.97. The number of rotatable bonds is 2. The summed E-state index contributed by atoms with van der Waals surface area (Å²) in [6, 6.07) is 5.88. The molecule has 0 unspecified atom stereocenters.